The van der Waals surface area contributed by atoms with E-state index >= 15 is 0 Å². The van der Waals surface area contributed by atoms with E-state index in [0.717, 1.165) is 10.6 Å². The van der Waals surface area contributed by atoms with Gasteiger partial charge < -0.3 is 5.32 Å². The Morgan fingerprint density at radius 3 is 2.33 bits per heavy atom. The molecule has 1 amide bonds. The van der Waals surface area contributed by atoms with Crippen LogP contribution >= 0.6 is 12.6 Å². The molecule has 4 heteroatoms. The molecule has 0 spiro atoms. The molecule has 1 heterocycles. The van der Waals surface area contributed by atoms with Gasteiger partial charge in [0.15, 0.2) is 0 Å². The number of carbonyl (C=O) groups is 1. The maximum atomic E-state index is 11.6. The van der Waals surface area contributed by atoms with Crippen molar-refractivity contribution in [3.05, 3.63) is 48.8 Å². The van der Waals surface area contributed by atoms with Crippen LogP contribution in [-0.2, 0) is 0 Å². The van der Waals surface area contributed by atoms with E-state index in [1.54, 1.807) is 24.5 Å². The van der Waals surface area contributed by atoms with E-state index in [-0.39, 0.29) is 6.03 Å². The molecular weight excluding hydrogens is 208 g/mol. The van der Waals surface area contributed by atoms with E-state index in [1.165, 1.54) is 4.57 Å². The fourth-order valence-corrected chi connectivity index (χ4v) is 1.35. The first kappa shape index (κ1) is 9.86. The van der Waals surface area contributed by atoms with Crippen molar-refractivity contribution < 1.29 is 4.79 Å². The highest BCUT2D eigenvalue weighted by Gasteiger charge is 2.02. The average Bonchev–Trinajstić information content (AvgIpc) is 2.74. The Kier molecular flexibility index (Phi) is 2.78. The standard InChI is InChI=1S/C11H10N2OS/c14-11(13-7-1-2-8-13)12-9-3-5-10(15)6-4-9/h1-8,15H,(H,12,14). The van der Waals surface area contributed by atoms with E-state index in [9.17, 15) is 4.79 Å². The lowest BCUT2D eigenvalue weighted by Gasteiger charge is -2.05. The number of nitrogens with zero attached hydrogens (tertiary/aromatic N) is 1. The minimum absolute atomic E-state index is 0.174. The summed E-state index contributed by atoms with van der Waals surface area (Å²) in [6.45, 7) is 0. The summed E-state index contributed by atoms with van der Waals surface area (Å²) < 4.78 is 1.48. The molecule has 2 aromatic rings. The first-order chi connectivity index (χ1) is 7.25. The molecule has 0 bridgehead atoms. The SMILES string of the molecule is O=C(Nc1ccc(S)cc1)n1cccc1. The summed E-state index contributed by atoms with van der Waals surface area (Å²) in [5.41, 5.74) is 0.756. The van der Waals surface area contributed by atoms with E-state index in [2.05, 4.69) is 17.9 Å². The lowest BCUT2D eigenvalue weighted by atomic mass is 10.3. The third-order valence-electron chi connectivity index (χ3n) is 1.96. The molecule has 0 saturated carbocycles. The number of aromatic nitrogens is 1. The molecule has 0 saturated heterocycles. The van der Waals surface area contributed by atoms with Crippen molar-refractivity contribution in [2.45, 2.75) is 4.90 Å². The molecular formula is C11H10N2OS. The number of hydrogen-bond acceptors (Lipinski definition) is 2. The van der Waals surface area contributed by atoms with Gasteiger partial charge in [-0.2, -0.15) is 0 Å². The highest BCUT2D eigenvalue weighted by Crippen LogP contribution is 2.12. The Balaban J connectivity index is 2.09. The molecule has 0 unspecified atom stereocenters. The number of benzene rings is 1. The van der Waals surface area contributed by atoms with Crippen LogP contribution in [-0.4, -0.2) is 10.6 Å². The van der Waals surface area contributed by atoms with Crippen molar-refractivity contribution in [2.75, 3.05) is 5.32 Å². The van der Waals surface area contributed by atoms with Crippen molar-refractivity contribution in [2.24, 2.45) is 0 Å². The third kappa shape index (κ3) is 2.41. The van der Waals surface area contributed by atoms with Crippen LogP contribution in [0.4, 0.5) is 10.5 Å². The second kappa shape index (κ2) is 4.23. The van der Waals surface area contributed by atoms with Crippen LogP contribution in [0.3, 0.4) is 0 Å². The second-order valence-electron chi connectivity index (χ2n) is 3.07. The Labute approximate surface area is 93.1 Å². The fourth-order valence-electron chi connectivity index (χ4n) is 1.20. The first-order valence-electron chi connectivity index (χ1n) is 4.49. The number of thiol groups is 1. The average molecular weight is 218 g/mol. The topological polar surface area (TPSA) is 34.0 Å². The zero-order valence-corrected chi connectivity index (χ0v) is 8.82. The van der Waals surface area contributed by atoms with Crippen molar-refractivity contribution >= 4 is 24.3 Å². The molecule has 2 rings (SSSR count). The maximum absolute atomic E-state index is 11.6. The molecule has 0 aliphatic heterocycles. The second-order valence-corrected chi connectivity index (χ2v) is 3.58. The smallest absolute Gasteiger partial charge is 0.307 e. The van der Waals surface area contributed by atoms with Crippen LogP contribution < -0.4 is 5.32 Å². The molecule has 76 valence electrons. The number of nitrogens with one attached hydrogen (secondary N) is 1. The molecule has 0 fully saturated rings. The largest absolute Gasteiger partial charge is 0.329 e. The maximum Gasteiger partial charge on any atom is 0.329 e. The van der Waals surface area contributed by atoms with E-state index in [4.69, 9.17) is 0 Å². The molecule has 0 aliphatic carbocycles. The number of hydrogen-bond donors (Lipinski definition) is 2. The van der Waals surface area contributed by atoms with E-state index in [1.807, 2.05) is 24.3 Å². The normalized spacial score (nSPS) is 9.93. The number of carbonyl (C=O) groups excluding carboxylic acids is 1. The van der Waals surface area contributed by atoms with E-state index in [0.29, 0.717) is 0 Å². The van der Waals surface area contributed by atoms with E-state index < -0.39 is 0 Å². The monoisotopic (exact) mass is 218 g/mol. The van der Waals surface area contributed by atoms with Crippen molar-refractivity contribution in [1.82, 2.24) is 4.57 Å². The number of rotatable bonds is 1. The van der Waals surface area contributed by atoms with Gasteiger partial charge in [0, 0.05) is 23.0 Å². The summed E-state index contributed by atoms with van der Waals surface area (Å²) in [5.74, 6) is 0. The van der Waals surface area contributed by atoms with Gasteiger partial charge in [-0.3, -0.25) is 4.57 Å². The number of anilines is 1. The van der Waals surface area contributed by atoms with Crippen molar-refractivity contribution in [1.29, 1.82) is 0 Å². The van der Waals surface area contributed by atoms with Gasteiger partial charge in [0.2, 0.25) is 0 Å². The summed E-state index contributed by atoms with van der Waals surface area (Å²) >= 11 is 4.16. The van der Waals surface area contributed by atoms with Crippen LogP contribution in [0.1, 0.15) is 0 Å². The van der Waals surface area contributed by atoms with Gasteiger partial charge in [-0.15, -0.1) is 12.6 Å². The van der Waals surface area contributed by atoms with Crippen molar-refractivity contribution in [3.8, 4) is 0 Å². The van der Waals surface area contributed by atoms with Gasteiger partial charge in [0.05, 0.1) is 0 Å². The molecule has 0 radical (unpaired) electrons. The van der Waals surface area contributed by atoms with Gasteiger partial charge in [-0.05, 0) is 36.4 Å². The van der Waals surface area contributed by atoms with Gasteiger partial charge >= 0.3 is 6.03 Å². The molecule has 1 aromatic heterocycles. The van der Waals surface area contributed by atoms with Crippen molar-refractivity contribution in [3.63, 3.8) is 0 Å². The minimum Gasteiger partial charge on any atom is -0.307 e. The van der Waals surface area contributed by atoms with Crippen LogP contribution in [0, 0.1) is 0 Å². The van der Waals surface area contributed by atoms with Crippen LogP contribution in [0.2, 0.25) is 0 Å². The van der Waals surface area contributed by atoms with Crippen LogP contribution in [0.25, 0.3) is 0 Å². The summed E-state index contributed by atoms with van der Waals surface area (Å²) in [4.78, 5) is 12.5. The van der Waals surface area contributed by atoms with Crippen LogP contribution in [0.15, 0.2) is 53.7 Å². The summed E-state index contributed by atoms with van der Waals surface area (Å²) in [5, 5.41) is 2.76. The Hall–Kier alpha value is -1.68. The van der Waals surface area contributed by atoms with Gasteiger partial charge in [-0.25, -0.2) is 4.79 Å². The van der Waals surface area contributed by atoms with Gasteiger partial charge in [0.25, 0.3) is 0 Å². The molecule has 3 nitrogen and oxygen atoms in total. The molecule has 1 N–H and O–H groups in total. The Morgan fingerprint density at radius 2 is 1.73 bits per heavy atom. The third-order valence-corrected chi connectivity index (χ3v) is 2.26. The van der Waals surface area contributed by atoms with Gasteiger partial charge in [-0.1, -0.05) is 0 Å². The first-order valence-corrected chi connectivity index (χ1v) is 4.94. The predicted octanol–water partition coefficient (Wildman–Crippen LogP) is 2.86. The summed E-state index contributed by atoms with van der Waals surface area (Å²) in [7, 11) is 0. The fraction of sp³-hybridized carbons (Fsp3) is 0. The highest BCUT2D eigenvalue weighted by atomic mass is 32.1. The predicted molar refractivity (Wildman–Crippen MR) is 62.5 cm³/mol. The lowest BCUT2D eigenvalue weighted by Crippen LogP contribution is -2.17. The quantitative estimate of drug-likeness (QED) is 0.709. The highest BCUT2D eigenvalue weighted by molar-refractivity contribution is 7.80. The molecule has 0 atom stereocenters. The molecule has 0 aliphatic rings. The zero-order valence-electron chi connectivity index (χ0n) is 7.92. The Bertz CT molecular complexity index is 448. The summed E-state index contributed by atoms with van der Waals surface area (Å²) in [6, 6.07) is 10.7. The van der Waals surface area contributed by atoms with Gasteiger partial charge in [0.1, 0.15) is 0 Å². The summed E-state index contributed by atoms with van der Waals surface area (Å²) in [6.07, 6.45) is 3.39. The zero-order chi connectivity index (χ0) is 10.7. The molecule has 15 heavy (non-hydrogen) atoms. The lowest BCUT2D eigenvalue weighted by molar-refractivity contribution is 0.253. The number of amides is 1. The molecule has 1 aromatic carbocycles. The Morgan fingerprint density at radius 1 is 1.13 bits per heavy atom. The minimum atomic E-state index is -0.174. The van der Waals surface area contributed by atoms with Crippen LogP contribution in [0.5, 0.6) is 0 Å².